The smallest absolute Gasteiger partial charge is 0.150 e. The molecule has 0 unspecified atom stereocenters. The van der Waals surface area contributed by atoms with Crippen molar-refractivity contribution in [1.82, 2.24) is 14.5 Å². The SMILES string of the molecule is NCCCOc1ccccc1-n1cc(-c2ccccc2)c2c(N)ncnc21. The largest absolute Gasteiger partial charge is 0.491 e. The first-order valence-electron chi connectivity index (χ1n) is 8.89. The number of nitrogen functional groups attached to an aromatic ring is 1. The number of rotatable bonds is 6. The summed E-state index contributed by atoms with van der Waals surface area (Å²) in [5.41, 5.74) is 15.5. The van der Waals surface area contributed by atoms with Crippen LogP contribution in [0.1, 0.15) is 6.42 Å². The maximum absolute atomic E-state index is 6.21. The van der Waals surface area contributed by atoms with Crippen LogP contribution in [0.2, 0.25) is 0 Å². The fraction of sp³-hybridized carbons (Fsp3) is 0.143. The van der Waals surface area contributed by atoms with Gasteiger partial charge >= 0.3 is 0 Å². The van der Waals surface area contributed by atoms with Crippen molar-refractivity contribution >= 4 is 16.9 Å². The fourth-order valence-corrected chi connectivity index (χ4v) is 3.15. The van der Waals surface area contributed by atoms with E-state index in [4.69, 9.17) is 16.2 Å². The minimum absolute atomic E-state index is 0.458. The second-order valence-corrected chi connectivity index (χ2v) is 6.19. The Morgan fingerprint density at radius 3 is 2.56 bits per heavy atom. The van der Waals surface area contributed by atoms with Crippen molar-refractivity contribution in [2.45, 2.75) is 6.42 Å². The number of anilines is 1. The third-order valence-corrected chi connectivity index (χ3v) is 4.43. The molecular weight excluding hydrogens is 338 g/mol. The van der Waals surface area contributed by atoms with Gasteiger partial charge in [0.1, 0.15) is 17.9 Å². The summed E-state index contributed by atoms with van der Waals surface area (Å²) in [4.78, 5) is 8.69. The van der Waals surface area contributed by atoms with E-state index in [0.29, 0.717) is 19.0 Å². The van der Waals surface area contributed by atoms with Crippen molar-refractivity contribution in [3.8, 4) is 22.6 Å². The molecule has 136 valence electrons. The number of hydrogen-bond donors (Lipinski definition) is 2. The maximum atomic E-state index is 6.21. The third kappa shape index (κ3) is 3.22. The molecule has 0 fully saturated rings. The van der Waals surface area contributed by atoms with Gasteiger partial charge in [-0.05, 0) is 30.7 Å². The number of para-hydroxylation sites is 2. The summed E-state index contributed by atoms with van der Waals surface area (Å²) in [5, 5.41) is 0.834. The zero-order valence-electron chi connectivity index (χ0n) is 14.9. The van der Waals surface area contributed by atoms with E-state index < -0.39 is 0 Å². The van der Waals surface area contributed by atoms with Gasteiger partial charge in [-0.1, -0.05) is 42.5 Å². The second-order valence-electron chi connectivity index (χ2n) is 6.19. The van der Waals surface area contributed by atoms with E-state index in [1.807, 2.05) is 53.2 Å². The summed E-state index contributed by atoms with van der Waals surface area (Å²) >= 11 is 0. The molecule has 0 aliphatic rings. The lowest BCUT2D eigenvalue weighted by atomic mass is 10.1. The van der Waals surface area contributed by atoms with Crippen LogP contribution < -0.4 is 16.2 Å². The Morgan fingerprint density at radius 1 is 0.963 bits per heavy atom. The minimum atomic E-state index is 0.458. The van der Waals surface area contributed by atoms with E-state index in [1.165, 1.54) is 6.33 Å². The molecule has 2 heterocycles. The van der Waals surface area contributed by atoms with Crippen LogP contribution in [-0.4, -0.2) is 27.7 Å². The van der Waals surface area contributed by atoms with E-state index in [2.05, 4.69) is 22.1 Å². The van der Waals surface area contributed by atoms with E-state index in [-0.39, 0.29) is 0 Å². The van der Waals surface area contributed by atoms with Gasteiger partial charge in [0.25, 0.3) is 0 Å². The average molecular weight is 359 g/mol. The van der Waals surface area contributed by atoms with Gasteiger partial charge in [0.15, 0.2) is 5.65 Å². The van der Waals surface area contributed by atoms with Crippen molar-refractivity contribution in [3.05, 3.63) is 67.1 Å². The molecule has 0 aliphatic carbocycles. The first kappa shape index (κ1) is 17.1. The maximum Gasteiger partial charge on any atom is 0.150 e. The van der Waals surface area contributed by atoms with Gasteiger partial charge < -0.3 is 16.2 Å². The number of hydrogen-bond acceptors (Lipinski definition) is 5. The lowest BCUT2D eigenvalue weighted by Gasteiger charge is -2.12. The molecular formula is C21H21N5O. The van der Waals surface area contributed by atoms with E-state index in [0.717, 1.165) is 40.0 Å². The second kappa shape index (κ2) is 7.47. The third-order valence-electron chi connectivity index (χ3n) is 4.43. The van der Waals surface area contributed by atoms with Crippen molar-refractivity contribution in [3.63, 3.8) is 0 Å². The number of fused-ring (bicyclic) bond motifs is 1. The predicted molar refractivity (Wildman–Crippen MR) is 108 cm³/mol. The zero-order valence-corrected chi connectivity index (χ0v) is 14.9. The average Bonchev–Trinajstić information content (AvgIpc) is 3.10. The van der Waals surface area contributed by atoms with Gasteiger partial charge in [0, 0.05) is 11.8 Å². The number of aromatic nitrogens is 3. The summed E-state index contributed by atoms with van der Waals surface area (Å²) < 4.78 is 7.96. The topological polar surface area (TPSA) is 92.0 Å². The number of ether oxygens (including phenoxy) is 1. The van der Waals surface area contributed by atoms with Crippen LogP contribution in [0.3, 0.4) is 0 Å². The molecule has 27 heavy (non-hydrogen) atoms. The molecule has 4 rings (SSSR count). The molecule has 2 aromatic carbocycles. The number of nitrogens with two attached hydrogens (primary N) is 2. The fourth-order valence-electron chi connectivity index (χ4n) is 3.15. The minimum Gasteiger partial charge on any atom is -0.491 e. The van der Waals surface area contributed by atoms with Crippen LogP contribution in [0.5, 0.6) is 5.75 Å². The van der Waals surface area contributed by atoms with Crippen LogP contribution in [-0.2, 0) is 0 Å². The Kier molecular flexibility index (Phi) is 4.72. The molecule has 0 aliphatic heterocycles. The Bertz CT molecular complexity index is 1060. The molecule has 6 heteroatoms. The molecule has 2 aromatic heterocycles. The van der Waals surface area contributed by atoms with Crippen LogP contribution in [0.25, 0.3) is 27.8 Å². The first-order chi connectivity index (χ1) is 13.3. The molecule has 4 aromatic rings. The van der Waals surface area contributed by atoms with E-state index in [1.54, 1.807) is 0 Å². The molecule has 6 nitrogen and oxygen atoms in total. The van der Waals surface area contributed by atoms with Crippen molar-refractivity contribution in [2.24, 2.45) is 5.73 Å². The van der Waals surface area contributed by atoms with Gasteiger partial charge in [-0.2, -0.15) is 0 Å². The Morgan fingerprint density at radius 2 is 1.74 bits per heavy atom. The highest BCUT2D eigenvalue weighted by atomic mass is 16.5. The summed E-state index contributed by atoms with van der Waals surface area (Å²) in [6.45, 7) is 1.16. The molecule has 0 atom stereocenters. The molecule has 4 N–H and O–H groups in total. The molecule has 0 spiro atoms. The van der Waals surface area contributed by atoms with Crippen LogP contribution in [0.15, 0.2) is 67.1 Å². The van der Waals surface area contributed by atoms with Gasteiger partial charge in [-0.25, -0.2) is 9.97 Å². The van der Waals surface area contributed by atoms with E-state index >= 15 is 0 Å². The molecule has 0 bridgehead atoms. The van der Waals surface area contributed by atoms with Crippen molar-refractivity contribution < 1.29 is 4.74 Å². The normalized spacial score (nSPS) is 11.0. The van der Waals surface area contributed by atoms with Crippen LogP contribution in [0.4, 0.5) is 5.82 Å². The lowest BCUT2D eigenvalue weighted by Crippen LogP contribution is -2.07. The van der Waals surface area contributed by atoms with Crippen molar-refractivity contribution in [1.29, 1.82) is 0 Å². The standard InChI is InChI=1S/C21H21N5O/c22-11-6-12-27-18-10-5-4-9-17(18)26-13-16(15-7-2-1-3-8-15)19-20(23)24-14-25-21(19)26/h1-5,7-10,13-14H,6,11-12,22H2,(H2,23,24,25). The van der Waals surface area contributed by atoms with Crippen LogP contribution >= 0.6 is 0 Å². The Hall–Kier alpha value is -3.38. The van der Waals surface area contributed by atoms with E-state index in [9.17, 15) is 0 Å². The Labute approximate surface area is 157 Å². The number of benzene rings is 2. The molecule has 0 radical (unpaired) electrons. The van der Waals surface area contributed by atoms with Crippen LogP contribution in [0, 0.1) is 0 Å². The van der Waals surface area contributed by atoms with Gasteiger partial charge in [0.05, 0.1) is 17.7 Å². The lowest BCUT2D eigenvalue weighted by molar-refractivity contribution is 0.312. The first-order valence-corrected chi connectivity index (χ1v) is 8.89. The highest BCUT2D eigenvalue weighted by Crippen LogP contribution is 2.36. The highest BCUT2D eigenvalue weighted by molar-refractivity contribution is 6.01. The zero-order chi connectivity index (χ0) is 18.6. The summed E-state index contributed by atoms with van der Waals surface area (Å²) in [6.07, 6.45) is 4.32. The monoisotopic (exact) mass is 359 g/mol. The van der Waals surface area contributed by atoms with Crippen molar-refractivity contribution in [2.75, 3.05) is 18.9 Å². The van der Waals surface area contributed by atoms with Gasteiger partial charge in [-0.15, -0.1) is 0 Å². The molecule has 0 saturated carbocycles. The quantitative estimate of drug-likeness (QED) is 0.515. The molecule has 0 amide bonds. The Balaban J connectivity index is 1.91. The summed E-state index contributed by atoms with van der Waals surface area (Å²) in [6, 6.07) is 18.0. The van der Waals surface area contributed by atoms with Gasteiger partial charge in [0.2, 0.25) is 0 Å². The summed E-state index contributed by atoms with van der Waals surface area (Å²) in [7, 11) is 0. The summed E-state index contributed by atoms with van der Waals surface area (Å²) in [5.74, 6) is 1.23. The predicted octanol–water partition coefficient (Wildman–Crippen LogP) is 3.40. The number of nitrogens with zero attached hydrogens (tertiary/aromatic N) is 3. The van der Waals surface area contributed by atoms with Gasteiger partial charge in [-0.3, -0.25) is 4.57 Å². The molecule has 0 saturated heterocycles. The highest BCUT2D eigenvalue weighted by Gasteiger charge is 2.17.